The zero-order valence-corrected chi connectivity index (χ0v) is 21.3. The Labute approximate surface area is 214 Å². The average Bonchev–Trinajstić information content (AvgIpc) is 3.51. The molecule has 186 valence electrons. The quantitative estimate of drug-likeness (QED) is 0.314. The second-order valence-corrected chi connectivity index (χ2v) is 10.1. The Morgan fingerprint density at radius 2 is 1.51 bits per heavy atom. The third-order valence-electron chi connectivity index (χ3n) is 7.22. The standard InChI is InChI=1S/C29H28N6O2/c1-17(2)15-33-19(4)18(3)24-26(33)30-16-34-27(24)31-25(32-34)23(14-20-10-6-5-7-11-20)35-28(36)21-12-8-9-13-22(21)29(35)37/h5-13,16-17,23H,14-15H2,1-4H3/t23-/m1/s1. The normalized spacial score (nSPS) is 14.4. The Kier molecular flexibility index (Phi) is 5.40. The highest BCUT2D eigenvalue weighted by molar-refractivity contribution is 6.21. The highest BCUT2D eigenvalue weighted by Crippen LogP contribution is 2.34. The lowest BCUT2D eigenvalue weighted by Gasteiger charge is -2.24. The maximum Gasteiger partial charge on any atom is 0.262 e. The van der Waals surface area contributed by atoms with E-state index in [9.17, 15) is 9.59 Å². The number of rotatable bonds is 6. The number of aryl methyl sites for hydroxylation is 1. The minimum Gasteiger partial charge on any atom is -0.329 e. The van der Waals surface area contributed by atoms with E-state index in [1.54, 1.807) is 35.1 Å². The monoisotopic (exact) mass is 492 g/mol. The Morgan fingerprint density at radius 1 is 0.865 bits per heavy atom. The topological polar surface area (TPSA) is 85.4 Å². The molecule has 8 heteroatoms. The molecule has 3 aromatic heterocycles. The van der Waals surface area contributed by atoms with Crippen LogP contribution in [0.1, 0.15) is 63.3 Å². The average molecular weight is 493 g/mol. The van der Waals surface area contributed by atoms with Crippen molar-refractivity contribution in [3.63, 3.8) is 0 Å². The first kappa shape index (κ1) is 23.1. The first-order valence-electron chi connectivity index (χ1n) is 12.6. The molecule has 0 saturated heterocycles. The van der Waals surface area contributed by atoms with Crippen LogP contribution in [0.15, 0.2) is 60.9 Å². The summed E-state index contributed by atoms with van der Waals surface area (Å²) in [5.74, 6) is 0.239. The predicted molar refractivity (Wildman–Crippen MR) is 140 cm³/mol. The molecule has 4 heterocycles. The van der Waals surface area contributed by atoms with Crippen molar-refractivity contribution in [1.82, 2.24) is 29.0 Å². The van der Waals surface area contributed by atoms with Crippen molar-refractivity contribution < 1.29 is 9.59 Å². The molecule has 0 radical (unpaired) electrons. The van der Waals surface area contributed by atoms with Crippen LogP contribution >= 0.6 is 0 Å². The van der Waals surface area contributed by atoms with Gasteiger partial charge < -0.3 is 4.57 Å². The van der Waals surface area contributed by atoms with E-state index in [1.807, 2.05) is 30.3 Å². The SMILES string of the molecule is Cc1c(C)n(CC(C)C)c2ncn3nc([C@@H](Cc4ccccc4)N4C(=O)c5ccccc5C4=O)nc3c12. The highest BCUT2D eigenvalue weighted by Gasteiger charge is 2.42. The molecule has 1 aliphatic rings. The smallest absolute Gasteiger partial charge is 0.262 e. The number of hydrogen-bond acceptors (Lipinski definition) is 5. The van der Waals surface area contributed by atoms with E-state index in [0.717, 1.165) is 34.4 Å². The minimum atomic E-state index is -0.663. The summed E-state index contributed by atoms with van der Waals surface area (Å²) < 4.78 is 3.90. The van der Waals surface area contributed by atoms with Crippen LogP contribution < -0.4 is 0 Å². The van der Waals surface area contributed by atoms with Crippen molar-refractivity contribution >= 4 is 28.5 Å². The summed E-state index contributed by atoms with van der Waals surface area (Å²) in [6, 6.07) is 16.1. The summed E-state index contributed by atoms with van der Waals surface area (Å²) in [5, 5.41) is 5.71. The van der Waals surface area contributed by atoms with Crippen LogP contribution in [-0.4, -0.2) is 40.9 Å². The lowest BCUT2D eigenvalue weighted by atomic mass is 10.0. The minimum absolute atomic E-state index is 0.321. The molecule has 0 spiro atoms. The van der Waals surface area contributed by atoms with E-state index < -0.39 is 6.04 Å². The van der Waals surface area contributed by atoms with Crippen LogP contribution in [0, 0.1) is 19.8 Å². The van der Waals surface area contributed by atoms with E-state index in [2.05, 4.69) is 32.3 Å². The van der Waals surface area contributed by atoms with Gasteiger partial charge in [0.1, 0.15) is 18.0 Å². The molecule has 0 fully saturated rings. The van der Waals surface area contributed by atoms with Crippen LogP contribution in [0.5, 0.6) is 0 Å². The molecule has 1 atom stereocenters. The van der Waals surface area contributed by atoms with E-state index in [0.29, 0.717) is 34.9 Å². The molecule has 2 amide bonds. The van der Waals surface area contributed by atoms with E-state index in [-0.39, 0.29) is 11.8 Å². The molecule has 1 aliphatic heterocycles. The summed E-state index contributed by atoms with van der Waals surface area (Å²) in [4.78, 5) is 38.0. The van der Waals surface area contributed by atoms with Crippen LogP contribution in [0.3, 0.4) is 0 Å². The van der Waals surface area contributed by atoms with E-state index in [1.165, 1.54) is 4.90 Å². The number of carbonyl (C=O) groups excluding carboxylic acids is 2. The summed E-state index contributed by atoms with van der Waals surface area (Å²) in [6.45, 7) is 9.40. The molecular formula is C29H28N6O2. The number of imide groups is 1. The lowest BCUT2D eigenvalue weighted by molar-refractivity contribution is 0.0574. The zero-order valence-electron chi connectivity index (χ0n) is 21.3. The number of nitrogens with zero attached hydrogens (tertiary/aromatic N) is 6. The third kappa shape index (κ3) is 3.63. The van der Waals surface area contributed by atoms with Gasteiger partial charge in [0.15, 0.2) is 11.5 Å². The fourth-order valence-electron chi connectivity index (χ4n) is 5.30. The van der Waals surface area contributed by atoms with Gasteiger partial charge in [0.2, 0.25) is 0 Å². The van der Waals surface area contributed by atoms with Gasteiger partial charge >= 0.3 is 0 Å². The number of amides is 2. The van der Waals surface area contributed by atoms with Crippen molar-refractivity contribution in [3.8, 4) is 0 Å². The van der Waals surface area contributed by atoms with E-state index in [4.69, 9.17) is 15.1 Å². The van der Waals surface area contributed by atoms with Crippen molar-refractivity contribution in [1.29, 1.82) is 0 Å². The lowest BCUT2D eigenvalue weighted by Crippen LogP contribution is -2.36. The van der Waals surface area contributed by atoms with Gasteiger partial charge in [-0.05, 0) is 43.0 Å². The van der Waals surface area contributed by atoms with Gasteiger partial charge in [-0.3, -0.25) is 14.5 Å². The van der Waals surface area contributed by atoms with Gasteiger partial charge in [-0.15, -0.1) is 5.10 Å². The van der Waals surface area contributed by atoms with E-state index >= 15 is 0 Å². The zero-order chi connectivity index (χ0) is 25.8. The molecule has 6 rings (SSSR count). The van der Waals surface area contributed by atoms with Crippen LogP contribution in [-0.2, 0) is 13.0 Å². The summed E-state index contributed by atoms with van der Waals surface area (Å²) in [5.41, 5.74) is 5.61. The van der Waals surface area contributed by atoms with Crippen molar-refractivity contribution in [2.24, 2.45) is 5.92 Å². The van der Waals surface area contributed by atoms with Crippen molar-refractivity contribution in [3.05, 3.63) is 94.7 Å². The fourth-order valence-corrected chi connectivity index (χ4v) is 5.30. The highest BCUT2D eigenvalue weighted by atomic mass is 16.2. The Hall–Kier alpha value is -4.33. The molecule has 0 aliphatic carbocycles. The molecule has 0 bridgehead atoms. The second kappa shape index (κ2) is 8.65. The van der Waals surface area contributed by atoms with Gasteiger partial charge in [0.25, 0.3) is 11.8 Å². The second-order valence-electron chi connectivity index (χ2n) is 10.1. The number of hydrogen-bond donors (Lipinski definition) is 0. The molecule has 37 heavy (non-hydrogen) atoms. The fraction of sp³-hybridized carbons (Fsp3) is 0.276. The molecule has 0 unspecified atom stereocenters. The Balaban J connectivity index is 1.52. The summed E-state index contributed by atoms with van der Waals surface area (Å²) in [7, 11) is 0. The summed E-state index contributed by atoms with van der Waals surface area (Å²) >= 11 is 0. The molecule has 0 saturated carbocycles. The molecule has 2 aromatic carbocycles. The first-order chi connectivity index (χ1) is 17.8. The van der Waals surface area contributed by atoms with Crippen LogP contribution in [0.25, 0.3) is 16.7 Å². The van der Waals surface area contributed by atoms with Crippen molar-refractivity contribution in [2.75, 3.05) is 0 Å². The van der Waals surface area contributed by atoms with Crippen LogP contribution in [0.2, 0.25) is 0 Å². The van der Waals surface area contributed by atoms with Crippen LogP contribution in [0.4, 0.5) is 0 Å². The van der Waals surface area contributed by atoms with Gasteiger partial charge in [-0.2, -0.15) is 0 Å². The first-order valence-corrected chi connectivity index (χ1v) is 12.6. The van der Waals surface area contributed by atoms with Gasteiger partial charge in [0, 0.05) is 18.7 Å². The third-order valence-corrected chi connectivity index (χ3v) is 7.22. The van der Waals surface area contributed by atoms with Crippen molar-refractivity contribution in [2.45, 2.75) is 46.7 Å². The molecule has 5 aromatic rings. The molecule has 8 nitrogen and oxygen atoms in total. The summed E-state index contributed by atoms with van der Waals surface area (Å²) in [6.07, 6.45) is 2.08. The molecule has 0 N–H and O–H groups in total. The number of fused-ring (bicyclic) bond motifs is 4. The van der Waals surface area contributed by atoms with Gasteiger partial charge in [-0.1, -0.05) is 56.3 Å². The maximum atomic E-state index is 13.5. The largest absolute Gasteiger partial charge is 0.329 e. The number of aromatic nitrogens is 5. The van der Waals surface area contributed by atoms with Gasteiger partial charge in [-0.25, -0.2) is 14.5 Å². The predicted octanol–water partition coefficient (Wildman–Crippen LogP) is 4.93. The number of carbonyl (C=O) groups is 2. The van der Waals surface area contributed by atoms with Gasteiger partial charge in [0.05, 0.1) is 16.5 Å². The maximum absolute atomic E-state index is 13.5. The number of benzene rings is 2. The molecular weight excluding hydrogens is 464 g/mol. The Bertz CT molecular complexity index is 1650. The Morgan fingerprint density at radius 3 is 2.16 bits per heavy atom.